The lowest BCUT2D eigenvalue weighted by molar-refractivity contribution is 0.347. The van der Waals surface area contributed by atoms with Gasteiger partial charge in [-0.2, -0.15) is 5.10 Å². The van der Waals surface area contributed by atoms with Crippen molar-refractivity contribution in [2.24, 2.45) is 5.92 Å². The van der Waals surface area contributed by atoms with Crippen molar-refractivity contribution in [1.29, 1.82) is 0 Å². The molecular formula is C15H30N4. The molecule has 1 heterocycles. The number of nitrogens with one attached hydrogen (secondary N) is 1. The smallest absolute Gasteiger partial charge is 0.138 e. The fourth-order valence-electron chi connectivity index (χ4n) is 2.24. The van der Waals surface area contributed by atoms with Crippen LogP contribution >= 0.6 is 0 Å². The van der Waals surface area contributed by atoms with Gasteiger partial charge in [0, 0.05) is 18.5 Å². The summed E-state index contributed by atoms with van der Waals surface area (Å²) in [6.45, 7) is 13.1. The van der Waals surface area contributed by atoms with Crippen LogP contribution in [0.3, 0.4) is 0 Å². The zero-order valence-corrected chi connectivity index (χ0v) is 13.2. The normalized spacial score (nSPS) is 13.7. The Kier molecular flexibility index (Phi) is 6.49. The Morgan fingerprint density at radius 3 is 2.58 bits per heavy atom. The average molecular weight is 266 g/mol. The van der Waals surface area contributed by atoms with E-state index in [1.807, 2.05) is 0 Å². The molecule has 1 aromatic rings. The molecule has 0 saturated carbocycles. The zero-order valence-electron chi connectivity index (χ0n) is 13.2. The maximum absolute atomic E-state index is 4.43. The third-order valence-electron chi connectivity index (χ3n) is 3.22. The second-order valence-electron chi connectivity index (χ2n) is 6.39. The highest BCUT2D eigenvalue weighted by molar-refractivity contribution is 4.88. The van der Waals surface area contributed by atoms with Crippen molar-refractivity contribution in [1.82, 2.24) is 20.1 Å². The highest BCUT2D eigenvalue weighted by Crippen LogP contribution is 2.13. The van der Waals surface area contributed by atoms with E-state index in [9.17, 15) is 0 Å². The van der Waals surface area contributed by atoms with Crippen LogP contribution in [-0.2, 0) is 13.0 Å². The minimum Gasteiger partial charge on any atom is -0.312 e. The predicted octanol–water partition coefficient (Wildman–Crippen LogP) is 3.04. The molecule has 0 spiro atoms. The van der Waals surface area contributed by atoms with Gasteiger partial charge in [0.05, 0.1) is 0 Å². The Labute approximate surface area is 118 Å². The second-order valence-corrected chi connectivity index (χ2v) is 6.39. The molecule has 0 saturated heterocycles. The Hall–Kier alpha value is -0.900. The van der Waals surface area contributed by atoms with Gasteiger partial charge in [0.25, 0.3) is 0 Å². The summed E-state index contributed by atoms with van der Waals surface area (Å²) >= 11 is 0. The third-order valence-corrected chi connectivity index (χ3v) is 3.22. The first kappa shape index (κ1) is 16.2. The summed E-state index contributed by atoms with van der Waals surface area (Å²) in [7, 11) is 0. The number of aryl methyl sites for hydroxylation is 1. The van der Waals surface area contributed by atoms with Crippen LogP contribution in [0.15, 0.2) is 6.33 Å². The van der Waals surface area contributed by atoms with Gasteiger partial charge in [-0.1, -0.05) is 20.3 Å². The zero-order chi connectivity index (χ0) is 14.3. The fourth-order valence-corrected chi connectivity index (χ4v) is 2.24. The van der Waals surface area contributed by atoms with E-state index in [2.05, 4.69) is 54.7 Å². The van der Waals surface area contributed by atoms with E-state index in [1.54, 1.807) is 6.33 Å². The minimum atomic E-state index is 0.184. The van der Waals surface area contributed by atoms with Crippen LogP contribution in [0.1, 0.15) is 59.7 Å². The van der Waals surface area contributed by atoms with Gasteiger partial charge in [0.1, 0.15) is 12.2 Å². The number of aromatic nitrogens is 3. The average Bonchev–Trinajstić information content (AvgIpc) is 2.73. The molecule has 110 valence electrons. The number of hydrogen-bond donors (Lipinski definition) is 1. The lowest BCUT2D eigenvalue weighted by Gasteiger charge is -2.25. The first-order chi connectivity index (χ1) is 8.96. The SMILES string of the molecule is CCCC(CNC(C)(C)C)Cc1ncnn1CCC. The van der Waals surface area contributed by atoms with Crippen LogP contribution in [0.4, 0.5) is 0 Å². The summed E-state index contributed by atoms with van der Waals surface area (Å²) in [6, 6.07) is 0. The van der Waals surface area contributed by atoms with E-state index >= 15 is 0 Å². The summed E-state index contributed by atoms with van der Waals surface area (Å²) in [6.07, 6.45) is 6.28. The lowest BCUT2D eigenvalue weighted by atomic mass is 9.97. The molecule has 4 heteroatoms. The van der Waals surface area contributed by atoms with Gasteiger partial charge >= 0.3 is 0 Å². The largest absolute Gasteiger partial charge is 0.312 e. The summed E-state index contributed by atoms with van der Waals surface area (Å²) in [4.78, 5) is 4.43. The highest BCUT2D eigenvalue weighted by atomic mass is 15.3. The maximum Gasteiger partial charge on any atom is 0.138 e. The van der Waals surface area contributed by atoms with Crippen LogP contribution in [-0.4, -0.2) is 26.8 Å². The molecule has 0 aliphatic carbocycles. The van der Waals surface area contributed by atoms with Crippen LogP contribution in [0.5, 0.6) is 0 Å². The highest BCUT2D eigenvalue weighted by Gasteiger charge is 2.16. The molecule has 1 N–H and O–H groups in total. The van der Waals surface area contributed by atoms with Crippen molar-refractivity contribution in [3.63, 3.8) is 0 Å². The molecule has 19 heavy (non-hydrogen) atoms. The van der Waals surface area contributed by atoms with E-state index in [-0.39, 0.29) is 5.54 Å². The Balaban J connectivity index is 2.59. The first-order valence-electron chi connectivity index (χ1n) is 7.58. The molecule has 1 rings (SSSR count). The Bertz CT molecular complexity index is 351. The van der Waals surface area contributed by atoms with E-state index in [1.165, 1.54) is 12.8 Å². The summed E-state index contributed by atoms with van der Waals surface area (Å²) in [5.74, 6) is 1.78. The molecule has 0 aliphatic heterocycles. The molecule has 0 radical (unpaired) electrons. The topological polar surface area (TPSA) is 42.7 Å². The summed E-state index contributed by atoms with van der Waals surface area (Å²) < 4.78 is 2.06. The minimum absolute atomic E-state index is 0.184. The molecule has 0 amide bonds. The van der Waals surface area contributed by atoms with Gasteiger partial charge in [0.2, 0.25) is 0 Å². The van der Waals surface area contributed by atoms with Crippen LogP contribution < -0.4 is 5.32 Å². The molecule has 4 nitrogen and oxygen atoms in total. The van der Waals surface area contributed by atoms with Crippen LogP contribution in [0.2, 0.25) is 0 Å². The number of nitrogens with zero attached hydrogens (tertiary/aromatic N) is 3. The van der Waals surface area contributed by atoms with E-state index in [4.69, 9.17) is 0 Å². The van der Waals surface area contributed by atoms with Crippen molar-refractivity contribution in [2.45, 2.75) is 72.4 Å². The second kappa shape index (κ2) is 7.63. The van der Waals surface area contributed by atoms with Crippen molar-refractivity contribution in [3.8, 4) is 0 Å². The predicted molar refractivity (Wildman–Crippen MR) is 80.2 cm³/mol. The van der Waals surface area contributed by atoms with Gasteiger partial charge in [0.15, 0.2) is 0 Å². The number of rotatable bonds is 8. The molecule has 0 bridgehead atoms. The van der Waals surface area contributed by atoms with Gasteiger partial charge in [-0.05, 0) is 46.1 Å². The van der Waals surface area contributed by atoms with E-state index in [0.717, 1.165) is 31.8 Å². The van der Waals surface area contributed by atoms with E-state index < -0.39 is 0 Å². The van der Waals surface area contributed by atoms with Gasteiger partial charge < -0.3 is 5.32 Å². The van der Waals surface area contributed by atoms with Gasteiger partial charge in [-0.3, -0.25) is 4.68 Å². The monoisotopic (exact) mass is 266 g/mol. The van der Waals surface area contributed by atoms with Gasteiger partial charge in [-0.15, -0.1) is 0 Å². The quantitative estimate of drug-likeness (QED) is 0.786. The summed E-state index contributed by atoms with van der Waals surface area (Å²) in [5.41, 5.74) is 0.184. The lowest BCUT2D eigenvalue weighted by Crippen LogP contribution is -2.39. The number of hydrogen-bond acceptors (Lipinski definition) is 3. The molecule has 1 aromatic heterocycles. The van der Waals surface area contributed by atoms with Crippen molar-refractivity contribution >= 4 is 0 Å². The van der Waals surface area contributed by atoms with Crippen LogP contribution in [0.25, 0.3) is 0 Å². The van der Waals surface area contributed by atoms with Crippen molar-refractivity contribution < 1.29 is 0 Å². The first-order valence-corrected chi connectivity index (χ1v) is 7.58. The van der Waals surface area contributed by atoms with Gasteiger partial charge in [-0.25, -0.2) is 4.98 Å². The molecular weight excluding hydrogens is 236 g/mol. The van der Waals surface area contributed by atoms with Crippen LogP contribution in [0, 0.1) is 5.92 Å². The molecule has 0 aliphatic rings. The van der Waals surface area contributed by atoms with Crippen molar-refractivity contribution in [3.05, 3.63) is 12.2 Å². The standard InChI is InChI=1S/C15H30N4/c1-6-8-13(11-17-15(3,4)5)10-14-16-12-18-19(14)9-7-2/h12-13,17H,6-11H2,1-5H3. The molecule has 1 atom stereocenters. The Morgan fingerprint density at radius 1 is 1.26 bits per heavy atom. The van der Waals surface area contributed by atoms with E-state index in [0.29, 0.717) is 5.92 Å². The fraction of sp³-hybridized carbons (Fsp3) is 0.867. The third kappa shape index (κ3) is 6.19. The van der Waals surface area contributed by atoms with Crippen molar-refractivity contribution in [2.75, 3.05) is 6.54 Å². The molecule has 1 unspecified atom stereocenters. The molecule has 0 fully saturated rings. The maximum atomic E-state index is 4.43. The summed E-state index contributed by atoms with van der Waals surface area (Å²) in [5, 5.41) is 7.93. The molecule has 0 aromatic carbocycles. The Morgan fingerprint density at radius 2 is 2.00 bits per heavy atom.